The van der Waals surface area contributed by atoms with Crippen LogP contribution in [0.4, 0.5) is 0 Å². The van der Waals surface area contributed by atoms with Crippen molar-refractivity contribution in [2.45, 2.75) is 12.5 Å². The van der Waals surface area contributed by atoms with Gasteiger partial charge in [0.2, 0.25) is 0 Å². The third-order valence-corrected chi connectivity index (χ3v) is 1.98. The largest absolute Gasteiger partial charge is 0.333 e. The molecule has 1 N–H and O–H groups in total. The van der Waals surface area contributed by atoms with Crippen molar-refractivity contribution in [2.24, 2.45) is 0 Å². The Labute approximate surface area is 84.4 Å². The van der Waals surface area contributed by atoms with Crippen molar-refractivity contribution in [1.82, 2.24) is 14.9 Å². The van der Waals surface area contributed by atoms with Crippen LogP contribution in [0.2, 0.25) is 0 Å². The summed E-state index contributed by atoms with van der Waals surface area (Å²) in [6, 6.07) is 0.641. The smallest absolute Gasteiger partial charge is 0.0948 e. The fourth-order valence-electron chi connectivity index (χ4n) is 1.38. The average Bonchev–Trinajstić information content (AvgIpc) is 2.59. The number of imidazole rings is 1. The van der Waals surface area contributed by atoms with Gasteiger partial charge < -0.3 is 9.88 Å². The Balaban J connectivity index is 0.000000605. The molecule has 0 aliphatic carbocycles. The zero-order valence-electron chi connectivity index (χ0n) is 6.64. The lowest BCUT2D eigenvalue weighted by Crippen LogP contribution is -2.11. The van der Waals surface area contributed by atoms with Crippen LogP contribution in [0, 0.1) is 0 Å². The van der Waals surface area contributed by atoms with Crippen molar-refractivity contribution in [1.29, 1.82) is 0 Å². The van der Waals surface area contributed by atoms with Gasteiger partial charge in [-0.05, 0) is 13.0 Å². The van der Waals surface area contributed by atoms with E-state index in [4.69, 9.17) is 0 Å². The van der Waals surface area contributed by atoms with Crippen LogP contribution in [0.25, 0.3) is 0 Å². The topological polar surface area (TPSA) is 29.9 Å². The average molecular weight is 210 g/mol. The Morgan fingerprint density at radius 1 is 1.42 bits per heavy atom. The van der Waals surface area contributed by atoms with Crippen molar-refractivity contribution in [3.8, 4) is 0 Å². The number of nitrogens with zero attached hydrogens (tertiary/aromatic N) is 2. The first-order valence-electron chi connectivity index (χ1n) is 3.65. The van der Waals surface area contributed by atoms with E-state index >= 15 is 0 Å². The Kier molecular flexibility index (Phi) is 5.29. The first-order valence-corrected chi connectivity index (χ1v) is 3.65. The van der Waals surface area contributed by atoms with Gasteiger partial charge in [0, 0.05) is 25.0 Å². The molecular formula is C7H13Cl2N3. The minimum atomic E-state index is 0. The van der Waals surface area contributed by atoms with E-state index in [0.29, 0.717) is 6.04 Å². The van der Waals surface area contributed by atoms with E-state index in [0.717, 1.165) is 13.1 Å². The predicted octanol–water partition coefficient (Wildman–Crippen LogP) is 1.26. The van der Waals surface area contributed by atoms with Crippen LogP contribution in [-0.2, 0) is 0 Å². The SMILES string of the molecule is Cl.Cl.c1cn(C2CCNC2)cn1. The molecule has 1 unspecified atom stereocenters. The number of hydrogen-bond acceptors (Lipinski definition) is 2. The third-order valence-electron chi connectivity index (χ3n) is 1.98. The summed E-state index contributed by atoms with van der Waals surface area (Å²) in [6.07, 6.45) is 6.98. The Bertz CT molecular complexity index is 194. The fraction of sp³-hybridized carbons (Fsp3) is 0.571. The molecule has 70 valence electrons. The molecule has 1 aliphatic heterocycles. The van der Waals surface area contributed by atoms with Crippen LogP contribution in [0.15, 0.2) is 18.7 Å². The van der Waals surface area contributed by atoms with Gasteiger partial charge in [-0.15, -0.1) is 24.8 Å². The van der Waals surface area contributed by atoms with Crippen LogP contribution in [0.3, 0.4) is 0 Å². The molecule has 1 atom stereocenters. The number of rotatable bonds is 1. The molecule has 0 bridgehead atoms. The Hall–Kier alpha value is -0.250. The minimum absolute atomic E-state index is 0. The summed E-state index contributed by atoms with van der Waals surface area (Å²) in [4.78, 5) is 4.00. The molecule has 0 radical (unpaired) electrons. The third kappa shape index (κ3) is 2.37. The molecule has 0 spiro atoms. The lowest BCUT2D eigenvalue weighted by Gasteiger charge is -2.07. The second kappa shape index (κ2) is 5.41. The highest BCUT2D eigenvalue weighted by molar-refractivity contribution is 5.85. The van der Waals surface area contributed by atoms with E-state index < -0.39 is 0 Å². The van der Waals surface area contributed by atoms with Crippen molar-refractivity contribution in [3.05, 3.63) is 18.7 Å². The lowest BCUT2D eigenvalue weighted by molar-refractivity contribution is 0.546. The summed E-state index contributed by atoms with van der Waals surface area (Å²) < 4.78 is 2.17. The molecule has 5 heteroatoms. The molecule has 0 amide bonds. The maximum atomic E-state index is 4.00. The highest BCUT2D eigenvalue weighted by Gasteiger charge is 2.14. The molecular weight excluding hydrogens is 197 g/mol. The van der Waals surface area contributed by atoms with Crippen LogP contribution in [0.5, 0.6) is 0 Å². The van der Waals surface area contributed by atoms with E-state index in [-0.39, 0.29) is 24.8 Å². The maximum absolute atomic E-state index is 4.00. The zero-order valence-corrected chi connectivity index (χ0v) is 8.27. The molecule has 3 nitrogen and oxygen atoms in total. The molecule has 2 heterocycles. The highest BCUT2D eigenvalue weighted by Crippen LogP contribution is 2.12. The molecule has 2 rings (SSSR count). The molecule has 12 heavy (non-hydrogen) atoms. The molecule has 1 fully saturated rings. The maximum Gasteiger partial charge on any atom is 0.0948 e. The van der Waals surface area contributed by atoms with E-state index in [2.05, 4.69) is 14.9 Å². The molecule has 0 saturated carbocycles. The van der Waals surface area contributed by atoms with Crippen LogP contribution < -0.4 is 5.32 Å². The molecule has 1 aliphatic rings. The van der Waals surface area contributed by atoms with Gasteiger partial charge in [0.25, 0.3) is 0 Å². The second-order valence-corrected chi connectivity index (χ2v) is 2.66. The molecule has 1 saturated heterocycles. The van der Waals surface area contributed by atoms with Gasteiger partial charge in [-0.3, -0.25) is 0 Å². The van der Waals surface area contributed by atoms with Gasteiger partial charge in [0.05, 0.1) is 6.33 Å². The van der Waals surface area contributed by atoms with E-state index in [9.17, 15) is 0 Å². The molecule has 0 aromatic carbocycles. The second-order valence-electron chi connectivity index (χ2n) is 2.66. The number of aromatic nitrogens is 2. The van der Waals surface area contributed by atoms with Crippen LogP contribution in [-0.4, -0.2) is 22.6 Å². The standard InChI is InChI=1S/C7H11N3.2ClH/c1-2-8-5-7(1)10-4-3-9-6-10;;/h3-4,6-8H,1-2,5H2;2*1H. The summed E-state index contributed by atoms with van der Waals surface area (Å²) in [5.41, 5.74) is 0. The van der Waals surface area contributed by atoms with E-state index in [1.165, 1.54) is 6.42 Å². The first kappa shape index (κ1) is 11.8. The van der Waals surface area contributed by atoms with Gasteiger partial charge in [0.15, 0.2) is 0 Å². The lowest BCUT2D eigenvalue weighted by atomic mass is 10.3. The minimum Gasteiger partial charge on any atom is -0.333 e. The number of halogens is 2. The Morgan fingerprint density at radius 2 is 2.25 bits per heavy atom. The summed E-state index contributed by atoms with van der Waals surface area (Å²) in [5, 5.41) is 3.31. The first-order chi connectivity index (χ1) is 4.97. The van der Waals surface area contributed by atoms with Crippen molar-refractivity contribution >= 4 is 24.8 Å². The van der Waals surface area contributed by atoms with Crippen molar-refractivity contribution < 1.29 is 0 Å². The molecule has 1 aromatic heterocycles. The highest BCUT2D eigenvalue weighted by atomic mass is 35.5. The summed E-state index contributed by atoms with van der Waals surface area (Å²) >= 11 is 0. The molecule has 1 aromatic rings. The quantitative estimate of drug-likeness (QED) is 0.756. The number of nitrogens with one attached hydrogen (secondary N) is 1. The Morgan fingerprint density at radius 3 is 2.75 bits per heavy atom. The predicted molar refractivity (Wildman–Crippen MR) is 53.2 cm³/mol. The van der Waals surface area contributed by atoms with Crippen molar-refractivity contribution in [2.75, 3.05) is 13.1 Å². The van der Waals surface area contributed by atoms with Gasteiger partial charge in [-0.2, -0.15) is 0 Å². The van der Waals surface area contributed by atoms with Crippen LogP contribution in [0.1, 0.15) is 12.5 Å². The van der Waals surface area contributed by atoms with E-state index in [1.807, 2.05) is 18.7 Å². The summed E-state index contributed by atoms with van der Waals surface area (Å²) in [6.45, 7) is 2.24. The van der Waals surface area contributed by atoms with Gasteiger partial charge in [0.1, 0.15) is 0 Å². The van der Waals surface area contributed by atoms with Gasteiger partial charge >= 0.3 is 0 Å². The van der Waals surface area contributed by atoms with Crippen LogP contribution >= 0.6 is 24.8 Å². The summed E-state index contributed by atoms with van der Waals surface area (Å²) in [5.74, 6) is 0. The monoisotopic (exact) mass is 209 g/mol. The summed E-state index contributed by atoms with van der Waals surface area (Å²) in [7, 11) is 0. The van der Waals surface area contributed by atoms with Gasteiger partial charge in [-0.1, -0.05) is 0 Å². The fourth-order valence-corrected chi connectivity index (χ4v) is 1.38. The normalized spacial score (nSPS) is 21.2. The number of hydrogen-bond donors (Lipinski definition) is 1. The van der Waals surface area contributed by atoms with Crippen molar-refractivity contribution in [3.63, 3.8) is 0 Å². The zero-order chi connectivity index (χ0) is 6.81. The van der Waals surface area contributed by atoms with Gasteiger partial charge in [-0.25, -0.2) is 4.98 Å². The van der Waals surface area contributed by atoms with E-state index in [1.54, 1.807) is 0 Å².